The smallest absolute Gasteiger partial charge is 0.239 e. The highest BCUT2D eigenvalue weighted by molar-refractivity contribution is 5.54. The summed E-state index contributed by atoms with van der Waals surface area (Å²) in [6, 6.07) is 3.46. The second-order valence-electron chi connectivity index (χ2n) is 5.21. The van der Waals surface area contributed by atoms with Gasteiger partial charge in [0.15, 0.2) is 0 Å². The third-order valence-corrected chi connectivity index (χ3v) is 2.34. The Bertz CT molecular complexity index is 399. The number of hydrogen-bond acceptors (Lipinski definition) is 6. The Balaban J connectivity index is 2.99. The van der Waals surface area contributed by atoms with Gasteiger partial charge in [-0.1, -0.05) is 0 Å². The van der Waals surface area contributed by atoms with E-state index in [2.05, 4.69) is 4.98 Å². The lowest BCUT2D eigenvalue weighted by Crippen LogP contribution is -2.31. The molecule has 0 saturated carbocycles. The van der Waals surface area contributed by atoms with E-state index < -0.39 is 5.60 Å². The van der Waals surface area contributed by atoms with Gasteiger partial charge in [-0.15, -0.1) is 0 Å². The van der Waals surface area contributed by atoms with E-state index in [9.17, 15) is 0 Å². The number of aromatic nitrogens is 1. The first kappa shape index (κ1) is 15.5. The van der Waals surface area contributed by atoms with E-state index in [-0.39, 0.29) is 13.2 Å². The van der Waals surface area contributed by atoms with E-state index in [1.807, 2.05) is 20.8 Å². The van der Waals surface area contributed by atoms with Crippen LogP contribution in [0.2, 0.25) is 0 Å². The van der Waals surface area contributed by atoms with Gasteiger partial charge in [0.05, 0.1) is 18.9 Å². The van der Waals surface area contributed by atoms with Gasteiger partial charge >= 0.3 is 0 Å². The van der Waals surface area contributed by atoms with Crippen molar-refractivity contribution in [1.82, 2.24) is 4.98 Å². The Morgan fingerprint density at radius 2 is 1.79 bits per heavy atom. The summed E-state index contributed by atoms with van der Waals surface area (Å²) in [4.78, 5) is 6.12. The molecule has 1 rings (SSSR count). The molecule has 0 spiro atoms. The van der Waals surface area contributed by atoms with Crippen LogP contribution in [0.1, 0.15) is 20.8 Å². The van der Waals surface area contributed by atoms with Gasteiger partial charge in [0, 0.05) is 13.1 Å². The molecule has 1 aromatic heterocycles. The summed E-state index contributed by atoms with van der Waals surface area (Å²) in [5.74, 6) is 0.988. The number of anilines is 2. The molecule has 0 aromatic carbocycles. The van der Waals surface area contributed by atoms with Crippen LogP contribution in [0.4, 0.5) is 11.5 Å². The van der Waals surface area contributed by atoms with Crippen LogP contribution in [0.3, 0.4) is 0 Å². The quantitative estimate of drug-likeness (QED) is 0.701. The van der Waals surface area contributed by atoms with Crippen molar-refractivity contribution < 1.29 is 14.9 Å². The zero-order valence-corrected chi connectivity index (χ0v) is 11.8. The molecule has 0 fully saturated rings. The summed E-state index contributed by atoms with van der Waals surface area (Å²) in [5.41, 5.74) is 5.91. The summed E-state index contributed by atoms with van der Waals surface area (Å²) in [6.07, 6.45) is 0. The number of rotatable bonds is 6. The first-order valence-electron chi connectivity index (χ1n) is 6.29. The molecule has 19 heavy (non-hydrogen) atoms. The Labute approximate surface area is 113 Å². The molecule has 6 heteroatoms. The predicted molar refractivity (Wildman–Crippen MR) is 75.4 cm³/mol. The molecule has 0 radical (unpaired) electrons. The van der Waals surface area contributed by atoms with Gasteiger partial charge < -0.3 is 25.6 Å². The second kappa shape index (κ2) is 6.58. The minimum atomic E-state index is -0.390. The number of hydrogen-bond donors (Lipinski definition) is 3. The molecular formula is C13H23N3O3. The van der Waals surface area contributed by atoms with E-state index in [0.29, 0.717) is 30.5 Å². The van der Waals surface area contributed by atoms with E-state index in [0.717, 1.165) is 0 Å². The number of nitrogens with two attached hydrogens (primary N) is 1. The number of nitrogens with zero attached hydrogens (tertiary/aromatic N) is 2. The molecule has 1 aromatic rings. The van der Waals surface area contributed by atoms with Crippen molar-refractivity contribution in [3.05, 3.63) is 12.1 Å². The zero-order chi connectivity index (χ0) is 14.5. The van der Waals surface area contributed by atoms with Gasteiger partial charge in [0.25, 0.3) is 0 Å². The van der Waals surface area contributed by atoms with Crippen LogP contribution in [0.25, 0.3) is 0 Å². The third-order valence-electron chi connectivity index (χ3n) is 2.34. The number of nitrogen functional groups attached to an aromatic ring is 1. The summed E-state index contributed by atoms with van der Waals surface area (Å²) in [7, 11) is 0. The summed E-state index contributed by atoms with van der Waals surface area (Å²) < 4.78 is 5.69. The molecule has 6 nitrogen and oxygen atoms in total. The zero-order valence-electron chi connectivity index (χ0n) is 11.8. The Morgan fingerprint density at radius 3 is 2.26 bits per heavy atom. The van der Waals surface area contributed by atoms with E-state index >= 15 is 0 Å². The van der Waals surface area contributed by atoms with Crippen molar-refractivity contribution in [2.75, 3.05) is 36.9 Å². The van der Waals surface area contributed by atoms with Crippen LogP contribution in [0.5, 0.6) is 5.88 Å². The van der Waals surface area contributed by atoms with Crippen molar-refractivity contribution in [3.63, 3.8) is 0 Å². The van der Waals surface area contributed by atoms with E-state index in [1.165, 1.54) is 0 Å². The summed E-state index contributed by atoms with van der Waals surface area (Å²) >= 11 is 0. The Morgan fingerprint density at radius 1 is 1.21 bits per heavy atom. The molecule has 0 atom stereocenters. The minimum Gasteiger partial charge on any atom is -0.470 e. The fourth-order valence-corrected chi connectivity index (χ4v) is 1.57. The monoisotopic (exact) mass is 269 g/mol. The molecule has 1 heterocycles. The molecule has 0 aliphatic heterocycles. The highest BCUT2D eigenvalue weighted by atomic mass is 16.5. The number of pyridine rings is 1. The van der Waals surface area contributed by atoms with Gasteiger partial charge in [-0.25, -0.2) is 0 Å². The average Bonchev–Trinajstić information content (AvgIpc) is 2.30. The standard InChI is InChI=1S/C13H23N3O3/c1-13(2,3)19-12-10(14)4-5-11(15-12)16(6-8-17)7-9-18/h4-5,17-18H,6-9,14H2,1-3H3. The van der Waals surface area contributed by atoms with E-state index in [1.54, 1.807) is 17.0 Å². The second-order valence-corrected chi connectivity index (χ2v) is 5.21. The van der Waals surface area contributed by atoms with Gasteiger partial charge in [-0.05, 0) is 32.9 Å². The molecule has 4 N–H and O–H groups in total. The lowest BCUT2D eigenvalue weighted by Gasteiger charge is -2.25. The van der Waals surface area contributed by atoms with Gasteiger partial charge in [-0.2, -0.15) is 4.98 Å². The first-order chi connectivity index (χ1) is 8.87. The van der Waals surface area contributed by atoms with Crippen molar-refractivity contribution in [2.24, 2.45) is 0 Å². The van der Waals surface area contributed by atoms with E-state index in [4.69, 9.17) is 20.7 Å². The first-order valence-corrected chi connectivity index (χ1v) is 6.29. The fourth-order valence-electron chi connectivity index (χ4n) is 1.57. The highest BCUT2D eigenvalue weighted by Gasteiger charge is 2.17. The maximum atomic E-state index is 9.03. The van der Waals surface area contributed by atoms with Crippen molar-refractivity contribution in [2.45, 2.75) is 26.4 Å². The molecule has 0 unspecified atom stereocenters. The molecule has 0 bridgehead atoms. The molecular weight excluding hydrogens is 246 g/mol. The maximum Gasteiger partial charge on any atom is 0.239 e. The van der Waals surface area contributed by atoms with Crippen molar-refractivity contribution in [3.8, 4) is 5.88 Å². The van der Waals surface area contributed by atoms with Crippen LogP contribution in [-0.2, 0) is 0 Å². The Hall–Kier alpha value is -1.53. The molecule has 0 aliphatic carbocycles. The predicted octanol–water partition coefficient (Wildman–Crippen LogP) is 0.632. The van der Waals surface area contributed by atoms with Crippen LogP contribution in [-0.4, -0.2) is 47.1 Å². The normalized spacial score (nSPS) is 11.4. The van der Waals surface area contributed by atoms with Gasteiger partial charge in [0.1, 0.15) is 11.4 Å². The van der Waals surface area contributed by atoms with Gasteiger partial charge in [-0.3, -0.25) is 0 Å². The summed E-state index contributed by atoms with van der Waals surface area (Å²) in [6.45, 7) is 6.52. The summed E-state index contributed by atoms with van der Waals surface area (Å²) in [5, 5.41) is 18.1. The lowest BCUT2D eigenvalue weighted by atomic mass is 10.2. The highest BCUT2D eigenvalue weighted by Crippen LogP contribution is 2.26. The van der Waals surface area contributed by atoms with Crippen LogP contribution >= 0.6 is 0 Å². The molecule has 0 amide bonds. The number of aliphatic hydroxyl groups excluding tert-OH is 2. The Kier molecular flexibility index (Phi) is 5.38. The SMILES string of the molecule is CC(C)(C)Oc1nc(N(CCO)CCO)ccc1N. The lowest BCUT2D eigenvalue weighted by molar-refractivity contribution is 0.125. The molecule has 0 aliphatic rings. The van der Waals surface area contributed by atoms with Crippen molar-refractivity contribution >= 4 is 11.5 Å². The minimum absolute atomic E-state index is 0.0124. The van der Waals surface area contributed by atoms with Crippen molar-refractivity contribution in [1.29, 1.82) is 0 Å². The largest absolute Gasteiger partial charge is 0.470 e. The van der Waals surface area contributed by atoms with Crippen LogP contribution in [0, 0.1) is 0 Å². The van der Waals surface area contributed by atoms with Gasteiger partial charge in [0.2, 0.25) is 5.88 Å². The third kappa shape index (κ3) is 4.92. The fraction of sp³-hybridized carbons (Fsp3) is 0.615. The number of ether oxygens (including phenoxy) is 1. The maximum absolute atomic E-state index is 9.03. The number of aliphatic hydroxyl groups is 2. The molecule has 0 saturated heterocycles. The topological polar surface area (TPSA) is 91.8 Å². The molecule has 108 valence electrons. The van der Waals surface area contributed by atoms with Crippen LogP contribution in [0.15, 0.2) is 12.1 Å². The van der Waals surface area contributed by atoms with Crippen LogP contribution < -0.4 is 15.4 Å². The average molecular weight is 269 g/mol.